The smallest absolute Gasteiger partial charge is 0.0391 e. The predicted octanol–water partition coefficient (Wildman–Crippen LogP) is 17.7. The number of fused-ring (bicyclic) bond motifs is 5. The van der Waals surface area contributed by atoms with E-state index in [2.05, 4.69) is 216 Å². The second-order valence-electron chi connectivity index (χ2n) is 14.5. The van der Waals surface area contributed by atoms with Crippen molar-refractivity contribution in [3.05, 3.63) is 197 Å². The van der Waals surface area contributed by atoms with E-state index >= 15 is 0 Å². The van der Waals surface area contributed by atoms with Gasteiger partial charge in [0.25, 0.3) is 0 Å². The van der Waals surface area contributed by atoms with Crippen molar-refractivity contribution in [1.82, 2.24) is 0 Å². The van der Waals surface area contributed by atoms with Gasteiger partial charge in [-0.2, -0.15) is 0 Å². The molecule has 0 radical (unpaired) electrons. The highest BCUT2D eigenvalue weighted by molar-refractivity contribution is 7.20. The predicted molar refractivity (Wildman–Crippen MR) is 262 cm³/mol. The Bertz CT molecular complexity index is 2520. The number of aryl methyl sites for hydroxylation is 4. The first-order valence-electron chi connectivity index (χ1n) is 21.1. The summed E-state index contributed by atoms with van der Waals surface area (Å²) in [6.45, 7) is 14.7. The Labute approximate surface area is 352 Å². The lowest BCUT2D eigenvalue weighted by Crippen LogP contribution is -1.92. The minimum absolute atomic E-state index is 1.15. The molecule has 0 saturated heterocycles. The Morgan fingerprint density at radius 2 is 1.28 bits per heavy atom. The van der Waals surface area contributed by atoms with Crippen LogP contribution in [0.15, 0.2) is 170 Å². The fraction of sp³-hybridized carbons (Fsp3) is 0.214. The number of unbranched alkanes of at least 4 members (excludes halogenated alkanes) is 2. The molecular formula is C56H61NS. The molecule has 0 unspecified atom stereocenters. The van der Waals surface area contributed by atoms with Crippen LogP contribution < -0.4 is 5.32 Å². The van der Waals surface area contributed by atoms with Crippen LogP contribution in [0.1, 0.15) is 80.5 Å². The molecule has 296 valence electrons. The summed E-state index contributed by atoms with van der Waals surface area (Å²) in [5, 5.41) is 10.2. The number of anilines is 2. The lowest BCUT2D eigenvalue weighted by Gasteiger charge is -2.09. The van der Waals surface area contributed by atoms with Crippen molar-refractivity contribution in [2.75, 3.05) is 5.32 Å². The fourth-order valence-corrected chi connectivity index (χ4v) is 8.20. The van der Waals surface area contributed by atoms with Gasteiger partial charge >= 0.3 is 0 Å². The van der Waals surface area contributed by atoms with E-state index in [1.807, 2.05) is 25.2 Å². The van der Waals surface area contributed by atoms with Crippen molar-refractivity contribution in [3.8, 4) is 11.1 Å². The van der Waals surface area contributed by atoms with Crippen LogP contribution in [-0.4, -0.2) is 0 Å². The summed E-state index contributed by atoms with van der Waals surface area (Å²) in [4.78, 5) is 1.43. The van der Waals surface area contributed by atoms with E-state index in [0.717, 1.165) is 12.1 Å². The summed E-state index contributed by atoms with van der Waals surface area (Å²) >= 11 is 1.90. The van der Waals surface area contributed by atoms with Crippen LogP contribution in [0, 0.1) is 20.8 Å². The average Bonchev–Trinajstić information content (AvgIpc) is 3.64. The van der Waals surface area contributed by atoms with Gasteiger partial charge in [-0.15, -0.1) is 11.3 Å². The van der Waals surface area contributed by atoms with Crippen LogP contribution in [-0.2, 0) is 6.42 Å². The molecule has 0 saturated carbocycles. The maximum atomic E-state index is 3.52. The van der Waals surface area contributed by atoms with E-state index in [-0.39, 0.29) is 0 Å². The van der Waals surface area contributed by atoms with Crippen molar-refractivity contribution >= 4 is 60.4 Å². The summed E-state index contributed by atoms with van der Waals surface area (Å²) < 4.78 is 1.39. The monoisotopic (exact) mass is 779 g/mol. The molecule has 7 aromatic carbocycles. The standard InChI is InChI=1S/C19H17NS.C17H14.C11H10.C7H14.C2H6/c1-13-5-4-6-14(11-13)20-15-9-10-19-17(12-15)16-7-2-3-8-18(16)21-19;1-13-9-11-15(12-10-13)17-8-4-6-14-5-2-3-7-16(14)17;1-9-5-4-7-10-6-2-3-8-11(9)10;1-3-5-7-6-4-2;1-2/h3-6,8-12,20H,2,7H2,1H3;2-12H,1H3;2-8H,1H3;3,5H,4,6-7H2,1-2H3;1-2H3/b;;;5-3-;. The third kappa shape index (κ3) is 12.2. The molecule has 2 heteroatoms. The third-order valence-electron chi connectivity index (χ3n) is 10.1. The largest absolute Gasteiger partial charge is 0.356 e. The van der Waals surface area contributed by atoms with Crippen molar-refractivity contribution in [2.45, 2.75) is 80.6 Å². The van der Waals surface area contributed by atoms with Crippen molar-refractivity contribution in [3.63, 3.8) is 0 Å². The van der Waals surface area contributed by atoms with Gasteiger partial charge in [-0.05, 0) is 138 Å². The molecule has 0 fully saturated rings. The molecule has 1 heterocycles. The van der Waals surface area contributed by atoms with Crippen molar-refractivity contribution < 1.29 is 0 Å². The Kier molecular flexibility index (Phi) is 17.1. The number of hydrogen-bond acceptors (Lipinski definition) is 2. The minimum atomic E-state index is 1.15. The molecule has 0 bridgehead atoms. The zero-order valence-electron chi connectivity index (χ0n) is 35.7. The van der Waals surface area contributed by atoms with E-state index < -0.39 is 0 Å². The molecule has 1 nitrogen and oxygen atoms in total. The third-order valence-corrected chi connectivity index (χ3v) is 11.3. The zero-order valence-corrected chi connectivity index (χ0v) is 36.5. The topological polar surface area (TPSA) is 12.0 Å². The van der Waals surface area contributed by atoms with Crippen LogP contribution in [0.4, 0.5) is 11.4 Å². The summed E-state index contributed by atoms with van der Waals surface area (Å²) in [6, 6.07) is 53.8. The normalized spacial score (nSPS) is 11.3. The maximum absolute atomic E-state index is 3.52. The maximum Gasteiger partial charge on any atom is 0.0391 e. The summed E-state index contributed by atoms with van der Waals surface area (Å²) in [5.41, 5.74) is 10.4. The lowest BCUT2D eigenvalue weighted by atomic mass is 9.98. The summed E-state index contributed by atoms with van der Waals surface area (Å²) in [5.74, 6) is 0. The van der Waals surface area contributed by atoms with Crippen molar-refractivity contribution in [2.24, 2.45) is 0 Å². The van der Waals surface area contributed by atoms with Crippen LogP contribution in [0.3, 0.4) is 0 Å². The molecule has 0 spiro atoms. The number of hydrogen-bond donors (Lipinski definition) is 1. The first-order chi connectivity index (χ1) is 28.4. The van der Waals surface area contributed by atoms with Gasteiger partial charge in [-0.1, -0.05) is 179 Å². The van der Waals surface area contributed by atoms with Gasteiger partial charge in [-0.25, -0.2) is 0 Å². The molecule has 1 aliphatic carbocycles. The number of allylic oxidation sites excluding steroid dienone is 3. The first-order valence-corrected chi connectivity index (χ1v) is 21.9. The minimum Gasteiger partial charge on any atom is -0.356 e. The molecule has 1 aromatic heterocycles. The molecule has 9 rings (SSSR count). The molecule has 0 amide bonds. The number of nitrogens with one attached hydrogen (secondary N) is 1. The van der Waals surface area contributed by atoms with Crippen molar-refractivity contribution in [1.29, 1.82) is 0 Å². The molecule has 1 aliphatic rings. The highest BCUT2D eigenvalue weighted by Gasteiger charge is 2.13. The van der Waals surface area contributed by atoms with E-state index in [0.29, 0.717) is 0 Å². The van der Waals surface area contributed by atoms with Gasteiger partial charge in [0.2, 0.25) is 0 Å². The van der Waals surface area contributed by atoms with Gasteiger partial charge in [-0.3, -0.25) is 0 Å². The highest BCUT2D eigenvalue weighted by atomic mass is 32.1. The van der Waals surface area contributed by atoms with E-state index in [9.17, 15) is 0 Å². The highest BCUT2D eigenvalue weighted by Crippen LogP contribution is 2.37. The van der Waals surface area contributed by atoms with Gasteiger partial charge in [0, 0.05) is 21.0 Å². The first kappa shape index (κ1) is 43.4. The molecule has 0 aliphatic heterocycles. The SMILES string of the molecule is C/C=C\CCCC.CC.Cc1ccc(-c2cccc3ccccc23)cc1.Cc1cccc(Nc2ccc3sc4c(c3c2)CCC=C4)c1.Cc1cccc2ccccc12. The number of rotatable bonds is 6. The fourth-order valence-electron chi connectivity index (χ4n) is 7.03. The molecule has 0 atom stereocenters. The second-order valence-corrected chi connectivity index (χ2v) is 15.6. The number of thiophene rings is 1. The van der Waals surface area contributed by atoms with Crippen LogP contribution >= 0.6 is 11.3 Å². The lowest BCUT2D eigenvalue weighted by molar-refractivity contribution is 0.814. The van der Waals surface area contributed by atoms with Gasteiger partial charge in [0.1, 0.15) is 0 Å². The Balaban J connectivity index is 0.000000155. The Morgan fingerprint density at radius 3 is 1.98 bits per heavy atom. The summed E-state index contributed by atoms with van der Waals surface area (Å²) in [6.07, 6.45) is 15.1. The van der Waals surface area contributed by atoms with E-state index in [1.54, 1.807) is 0 Å². The van der Waals surface area contributed by atoms with Crippen LogP contribution in [0.25, 0.3) is 48.8 Å². The second kappa shape index (κ2) is 22.9. The number of benzene rings is 7. The van der Waals surface area contributed by atoms with Crippen LogP contribution in [0.5, 0.6) is 0 Å². The van der Waals surface area contributed by atoms with E-state index in [4.69, 9.17) is 0 Å². The van der Waals surface area contributed by atoms with Crippen LogP contribution in [0.2, 0.25) is 0 Å². The van der Waals surface area contributed by atoms with Gasteiger partial charge < -0.3 is 5.32 Å². The average molecular weight is 780 g/mol. The Morgan fingerprint density at radius 1 is 0.621 bits per heavy atom. The Hall–Kier alpha value is -5.70. The zero-order chi connectivity index (χ0) is 41.1. The molecule has 8 aromatic rings. The molecular weight excluding hydrogens is 719 g/mol. The van der Waals surface area contributed by atoms with Gasteiger partial charge in [0.15, 0.2) is 0 Å². The van der Waals surface area contributed by atoms with Gasteiger partial charge in [0.05, 0.1) is 0 Å². The quantitative estimate of drug-likeness (QED) is 0.131. The summed E-state index contributed by atoms with van der Waals surface area (Å²) in [7, 11) is 0. The molecule has 58 heavy (non-hydrogen) atoms. The molecule has 1 N–H and O–H groups in total. The van der Waals surface area contributed by atoms with E-state index in [1.165, 1.54) is 101 Å².